The summed E-state index contributed by atoms with van der Waals surface area (Å²) < 4.78 is 6.11. The lowest BCUT2D eigenvalue weighted by Crippen LogP contribution is -2.54. The van der Waals surface area contributed by atoms with Gasteiger partial charge in [-0.1, -0.05) is 44.9 Å². The van der Waals surface area contributed by atoms with E-state index in [2.05, 4.69) is 19.2 Å². The van der Waals surface area contributed by atoms with Crippen molar-refractivity contribution in [3.05, 3.63) is 29.8 Å². The van der Waals surface area contributed by atoms with Crippen LogP contribution in [0.2, 0.25) is 0 Å². The maximum Gasteiger partial charge on any atom is 0.243 e. The highest BCUT2D eigenvalue weighted by atomic mass is 16.5. The summed E-state index contributed by atoms with van der Waals surface area (Å²) in [4.78, 5) is 26.9. The lowest BCUT2D eigenvalue weighted by molar-refractivity contribution is -0.127. The van der Waals surface area contributed by atoms with Crippen LogP contribution in [0.15, 0.2) is 24.3 Å². The van der Waals surface area contributed by atoms with Gasteiger partial charge >= 0.3 is 0 Å². The molecular weight excluding hydrogens is 340 g/mol. The molecule has 1 N–H and O–H groups in total. The molecule has 3 rings (SSSR count). The normalized spacial score (nSPS) is 24.7. The predicted octanol–water partition coefficient (Wildman–Crippen LogP) is 3.45. The van der Waals surface area contributed by atoms with Crippen molar-refractivity contribution < 1.29 is 14.3 Å². The third kappa shape index (κ3) is 4.70. The van der Waals surface area contributed by atoms with Crippen LogP contribution in [0.4, 0.5) is 5.69 Å². The zero-order valence-electron chi connectivity index (χ0n) is 16.7. The Kier molecular flexibility index (Phi) is 6.53. The smallest absolute Gasteiger partial charge is 0.243 e. The molecule has 1 heterocycles. The number of hydrogen-bond acceptors (Lipinski definition) is 3. The number of carbonyl (C=O) groups excluding carboxylic acids is 2. The Balaban J connectivity index is 1.65. The lowest BCUT2D eigenvalue weighted by Gasteiger charge is -2.34. The van der Waals surface area contributed by atoms with Crippen LogP contribution in [0.5, 0.6) is 0 Å². The first-order valence-corrected chi connectivity index (χ1v) is 10.3. The third-order valence-electron chi connectivity index (χ3n) is 5.68. The van der Waals surface area contributed by atoms with Gasteiger partial charge in [-0.3, -0.25) is 14.5 Å². The van der Waals surface area contributed by atoms with E-state index in [1.165, 1.54) is 6.92 Å². The minimum absolute atomic E-state index is 0.0379. The Morgan fingerprint density at radius 3 is 2.70 bits per heavy atom. The molecule has 2 aliphatic rings. The molecule has 0 aromatic heterocycles. The topological polar surface area (TPSA) is 58.6 Å². The van der Waals surface area contributed by atoms with Crippen molar-refractivity contribution in [2.45, 2.75) is 77.5 Å². The number of carbonyl (C=O) groups is 2. The van der Waals surface area contributed by atoms with E-state index in [1.807, 2.05) is 24.3 Å². The SMILES string of the molecule is CC(=O)N1c2ccccc2C[C@H]1C(=O)N[C@H]1CCCC[C@H]1OCCC(C)C. The molecule has 148 valence electrons. The van der Waals surface area contributed by atoms with E-state index in [4.69, 9.17) is 4.74 Å². The Hall–Kier alpha value is -1.88. The first-order chi connectivity index (χ1) is 13.0. The molecule has 0 unspecified atom stereocenters. The highest BCUT2D eigenvalue weighted by molar-refractivity contribution is 6.02. The molecule has 1 saturated carbocycles. The molecule has 5 heteroatoms. The van der Waals surface area contributed by atoms with Gasteiger partial charge in [-0.2, -0.15) is 0 Å². The number of anilines is 1. The van der Waals surface area contributed by atoms with Gasteiger partial charge in [-0.25, -0.2) is 0 Å². The summed E-state index contributed by atoms with van der Waals surface area (Å²) in [7, 11) is 0. The number of nitrogens with one attached hydrogen (secondary N) is 1. The van der Waals surface area contributed by atoms with E-state index in [-0.39, 0.29) is 24.0 Å². The number of rotatable bonds is 6. The molecule has 0 spiro atoms. The quantitative estimate of drug-likeness (QED) is 0.832. The molecule has 2 amide bonds. The van der Waals surface area contributed by atoms with Gasteiger partial charge in [-0.15, -0.1) is 0 Å². The van der Waals surface area contributed by atoms with Gasteiger partial charge in [-0.05, 0) is 36.8 Å². The van der Waals surface area contributed by atoms with E-state index in [0.29, 0.717) is 12.3 Å². The van der Waals surface area contributed by atoms with Gasteiger partial charge < -0.3 is 10.1 Å². The second-order valence-electron chi connectivity index (χ2n) is 8.23. The number of nitrogens with zero attached hydrogens (tertiary/aromatic N) is 1. The minimum Gasteiger partial charge on any atom is -0.376 e. The number of fused-ring (bicyclic) bond motifs is 1. The van der Waals surface area contributed by atoms with Crippen molar-refractivity contribution >= 4 is 17.5 Å². The Morgan fingerprint density at radius 2 is 1.96 bits per heavy atom. The van der Waals surface area contributed by atoms with Gasteiger partial charge in [0, 0.05) is 25.6 Å². The van der Waals surface area contributed by atoms with Crippen LogP contribution in [0.25, 0.3) is 0 Å². The van der Waals surface area contributed by atoms with E-state index >= 15 is 0 Å². The number of benzene rings is 1. The van der Waals surface area contributed by atoms with Crippen LogP contribution in [-0.4, -0.2) is 36.6 Å². The second-order valence-corrected chi connectivity index (χ2v) is 8.23. The summed E-state index contributed by atoms with van der Waals surface area (Å²) in [6, 6.07) is 7.36. The fraction of sp³-hybridized carbons (Fsp3) is 0.636. The van der Waals surface area contributed by atoms with E-state index in [0.717, 1.165) is 50.0 Å². The van der Waals surface area contributed by atoms with Gasteiger partial charge in [0.1, 0.15) is 6.04 Å². The molecule has 5 nitrogen and oxygen atoms in total. The summed E-state index contributed by atoms with van der Waals surface area (Å²) in [5, 5.41) is 3.21. The van der Waals surface area contributed by atoms with E-state index in [1.54, 1.807) is 4.90 Å². The second kappa shape index (κ2) is 8.87. The van der Waals surface area contributed by atoms with Crippen molar-refractivity contribution in [1.82, 2.24) is 5.32 Å². The van der Waals surface area contributed by atoms with E-state index < -0.39 is 6.04 Å². The van der Waals surface area contributed by atoms with Crippen LogP contribution in [-0.2, 0) is 20.7 Å². The fourth-order valence-corrected chi connectivity index (χ4v) is 4.18. The lowest BCUT2D eigenvalue weighted by atomic mass is 9.92. The average Bonchev–Trinajstić information content (AvgIpc) is 3.03. The summed E-state index contributed by atoms with van der Waals surface area (Å²) in [5.74, 6) is 0.460. The summed E-state index contributed by atoms with van der Waals surface area (Å²) in [6.45, 7) is 6.65. The van der Waals surface area contributed by atoms with Gasteiger partial charge in [0.05, 0.1) is 12.1 Å². The van der Waals surface area contributed by atoms with E-state index in [9.17, 15) is 9.59 Å². The molecule has 1 aromatic carbocycles. The zero-order valence-corrected chi connectivity index (χ0v) is 16.7. The van der Waals surface area contributed by atoms with Crippen molar-refractivity contribution in [2.75, 3.05) is 11.5 Å². The van der Waals surface area contributed by atoms with Crippen molar-refractivity contribution in [2.24, 2.45) is 5.92 Å². The molecule has 1 aliphatic carbocycles. The highest BCUT2D eigenvalue weighted by Gasteiger charge is 2.38. The molecule has 1 aliphatic heterocycles. The summed E-state index contributed by atoms with van der Waals surface area (Å²) in [6.07, 6.45) is 5.88. The van der Waals surface area contributed by atoms with Gasteiger partial charge in [0.15, 0.2) is 0 Å². The summed E-state index contributed by atoms with van der Waals surface area (Å²) in [5.41, 5.74) is 1.92. The van der Waals surface area contributed by atoms with Crippen LogP contribution < -0.4 is 10.2 Å². The first-order valence-electron chi connectivity index (χ1n) is 10.3. The van der Waals surface area contributed by atoms with Crippen LogP contribution >= 0.6 is 0 Å². The molecule has 0 bridgehead atoms. The molecule has 0 radical (unpaired) electrons. The minimum atomic E-state index is -0.460. The Labute approximate surface area is 162 Å². The Bertz CT molecular complexity index is 673. The molecular formula is C22H32N2O3. The molecule has 1 aromatic rings. The number of amides is 2. The van der Waals surface area contributed by atoms with Crippen LogP contribution in [0.3, 0.4) is 0 Å². The first kappa shape index (κ1) is 19.9. The largest absolute Gasteiger partial charge is 0.376 e. The average molecular weight is 373 g/mol. The monoisotopic (exact) mass is 372 g/mol. The van der Waals surface area contributed by atoms with Gasteiger partial charge in [0.2, 0.25) is 11.8 Å². The maximum absolute atomic E-state index is 13.1. The Morgan fingerprint density at radius 1 is 1.22 bits per heavy atom. The standard InChI is InChI=1S/C22H32N2O3/c1-15(2)12-13-27-21-11-7-5-9-18(21)23-22(26)20-14-17-8-4-6-10-19(17)24(20)16(3)25/h4,6,8,10,15,18,20-21H,5,7,9,11-14H2,1-3H3,(H,23,26)/t18-,20-,21+/m0/s1. The molecule has 1 fully saturated rings. The highest BCUT2D eigenvalue weighted by Crippen LogP contribution is 2.32. The fourth-order valence-electron chi connectivity index (χ4n) is 4.18. The van der Waals surface area contributed by atoms with Crippen LogP contribution in [0, 0.1) is 5.92 Å². The van der Waals surface area contributed by atoms with Gasteiger partial charge in [0.25, 0.3) is 0 Å². The van der Waals surface area contributed by atoms with Crippen molar-refractivity contribution in [3.63, 3.8) is 0 Å². The van der Waals surface area contributed by atoms with Crippen LogP contribution in [0.1, 0.15) is 58.4 Å². The molecule has 3 atom stereocenters. The number of hydrogen-bond donors (Lipinski definition) is 1. The molecule has 27 heavy (non-hydrogen) atoms. The third-order valence-corrected chi connectivity index (χ3v) is 5.68. The number of para-hydroxylation sites is 1. The zero-order chi connectivity index (χ0) is 19.4. The molecule has 0 saturated heterocycles. The number of ether oxygens (including phenoxy) is 1. The predicted molar refractivity (Wildman–Crippen MR) is 107 cm³/mol. The van der Waals surface area contributed by atoms with Crippen molar-refractivity contribution in [1.29, 1.82) is 0 Å². The summed E-state index contributed by atoms with van der Waals surface area (Å²) >= 11 is 0. The van der Waals surface area contributed by atoms with Crippen molar-refractivity contribution in [3.8, 4) is 0 Å². The maximum atomic E-state index is 13.1.